The average molecular weight is 420 g/mol. The summed E-state index contributed by atoms with van der Waals surface area (Å²) in [6.45, 7) is 0.673. The smallest absolute Gasteiger partial charge is 0.238 e. The van der Waals surface area contributed by atoms with Crippen LogP contribution in [0, 0.1) is 0 Å². The molecule has 2 amide bonds. The highest BCUT2D eigenvalue weighted by Crippen LogP contribution is 2.32. The lowest BCUT2D eigenvalue weighted by Crippen LogP contribution is -2.38. The molecule has 0 bridgehead atoms. The number of nitrogens with one attached hydrogen (secondary N) is 2. The average Bonchev–Trinajstić information content (AvgIpc) is 3.14. The van der Waals surface area contributed by atoms with E-state index in [4.69, 9.17) is 25.8 Å². The Kier molecular flexibility index (Phi) is 6.79. The van der Waals surface area contributed by atoms with Crippen molar-refractivity contribution in [2.75, 3.05) is 39.4 Å². The number of carbonyl (C=O) groups excluding carboxylic acids is 2. The van der Waals surface area contributed by atoms with Gasteiger partial charge in [0.1, 0.15) is 5.75 Å². The molecule has 0 aliphatic carbocycles. The van der Waals surface area contributed by atoms with E-state index in [-0.39, 0.29) is 31.7 Å². The second-order valence-corrected chi connectivity index (χ2v) is 6.97. The Hall–Kier alpha value is -2.97. The summed E-state index contributed by atoms with van der Waals surface area (Å²) < 4.78 is 15.8. The largest absolute Gasteiger partial charge is 0.495 e. The van der Waals surface area contributed by atoms with Crippen LogP contribution in [0.25, 0.3) is 0 Å². The van der Waals surface area contributed by atoms with Gasteiger partial charge in [0.25, 0.3) is 0 Å². The molecule has 0 aromatic heterocycles. The van der Waals surface area contributed by atoms with Gasteiger partial charge in [-0.3, -0.25) is 14.5 Å². The fraction of sp³-hybridized carbons (Fsp3) is 0.300. The van der Waals surface area contributed by atoms with Crippen molar-refractivity contribution < 1.29 is 23.8 Å². The summed E-state index contributed by atoms with van der Waals surface area (Å²) in [6.07, 6.45) is 0. The summed E-state index contributed by atoms with van der Waals surface area (Å²) in [7, 11) is 3.20. The van der Waals surface area contributed by atoms with Crippen LogP contribution in [0.2, 0.25) is 5.02 Å². The van der Waals surface area contributed by atoms with Crippen LogP contribution in [-0.4, -0.2) is 50.8 Å². The predicted octanol–water partition coefficient (Wildman–Crippen LogP) is 2.26. The number of ether oxygens (including phenoxy) is 3. The van der Waals surface area contributed by atoms with Gasteiger partial charge in [0, 0.05) is 11.6 Å². The van der Waals surface area contributed by atoms with Crippen LogP contribution >= 0.6 is 11.6 Å². The molecule has 29 heavy (non-hydrogen) atoms. The highest BCUT2D eigenvalue weighted by Gasteiger charge is 2.15. The second kappa shape index (κ2) is 9.49. The molecule has 0 unspecified atom stereocenters. The SMILES string of the molecule is COc1ccc(Cl)cc1NC(=O)CN(C)CC(=O)NCc1ccc2c(c1)OCO2. The summed E-state index contributed by atoms with van der Waals surface area (Å²) in [6, 6.07) is 10.5. The van der Waals surface area contributed by atoms with Gasteiger partial charge < -0.3 is 24.8 Å². The van der Waals surface area contributed by atoms with Gasteiger partial charge >= 0.3 is 0 Å². The third-order valence-electron chi connectivity index (χ3n) is 4.19. The van der Waals surface area contributed by atoms with Crippen molar-refractivity contribution in [1.82, 2.24) is 10.2 Å². The number of hydrogen-bond acceptors (Lipinski definition) is 6. The molecular weight excluding hydrogens is 398 g/mol. The van der Waals surface area contributed by atoms with E-state index < -0.39 is 0 Å². The molecule has 0 radical (unpaired) electrons. The number of likely N-dealkylation sites (N-methyl/N-ethyl adjacent to an activating group) is 1. The van der Waals surface area contributed by atoms with Crippen LogP contribution in [0.1, 0.15) is 5.56 Å². The van der Waals surface area contributed by atoms with Crippen molar-refractivity contribution in [1.29, 1.82) is 0 Å². The standard InChI is InChI=1S/C20H22ClN3O5/c1-24(11-20(26)23-15-8-14(21)4-6-16(15)27-2)10-19(25)22-9-13-3-5-17-18(7-13)29-12-28-17/h3-8H,9-12H2,1-2H3,(H,22,25)(H,23,26). The van der Waals surface area contributed by atoms with Crippen LogP contribution < -0.4 is 24.8 Å². The lowest BCUT2D eigenvalue weighted by molar-refractivity contribution is -0.123. The number of nitrogens with zero attached hydrogens (tertiary/aromatic N) is 1. The molecule has 0 fully saturated rings. The Morgan fingerprint density at radius 1 is 1.10 bits per heavy atom. The number of anilines is 1. The summed E-state index contributed by atoms with van der Waals surface area (Å²) in [5.74, 6) is 1.39. The van der Waals surface area contributed by atoms with Crippen LogP contribution in [0.4, 0.5) is 5.69 Å². The molecule has 0 spiro atoms. The zero-order chi connectivity index (χ0) is 20.8. The Bertz CT molecular complexity index is 906. The number of methoxy groups -OCH3 is 1. The second-order valence-electron chi connectivity index (χ2n) is 6.53. The first-order valence-corrected chi connectivity index (χ1v) is 9.29. The number of carbonyl (C=O) groups is 2. The van der Waals surface area contributed by atoms with Crippen LogP contribution in [-0.2, 0) is 16.1 Å². The summed E-state index contributed by atoms with van der Waals surface area (Å²) in [5, 5.41) is 6.05. The third kappa shape index (κ3) is 5.75. The van der Waals surface area contributed by atoms with E-state index >= 15 is 0 Å². The first-order valence-electron chi connectivity index (χ1n) is 8.92. The molecular formula is C20H22ClN3O5. The molecule has 0 saturated carbocycles. The van der Waals surface area contributed by atoms with E-state index in [1.807, 2.05) is 18.2 Å². The first kappa shape index (κ1) is 20.8. The van der Waals surface area contributed by atoms with Crippen LogP contribution in [0.5, 0.6) is 17.2 Å². The molecule has 1 aliphatic heterocycles. The number of rotatable bonds is 8. The third-order valence-corrected chi connectivity index (χ3v) is 4.42. The Labute approximate surface area is 173 Å². The predicted molar refractivity (Wildman–Crippen MR) is 109 cm³/mol. The molecule has 8 nitrogen and oxygen atoms in total. The quantitative estimate of drug-likeness (QED) is 0.682. The van der Waals surface area contributed by atoms with Crippen molar-refractivity contribution in [3.63, 3.8) is 0 Å². The summed E-state index contributed by atoms with van der Waals surface area (Å²) >= 11 is 5.96. The van der Waals surface area contributed by atoms with Crippen molar-refractivity contribution in [3.8, 4) is 17.2 Å². The Morgan fingerprint density at radius 2 is 1.86 bits per heavy atom. The number of fused-ring (bicyclic) bond motifs is 1. The zero-order valence-electron chi connectivity index (χ0n) is 16.2. The molecule has 3 rings (SSSR count). The Morgan fingerprint density at radius 3 is 2.66 bits per heavy atom. The van der Waals surface area contributed by atoms with E-state index in [2.05, 4.69) is 10.6 Å². The van der Waals surface area contributed by atoms with E-state index in [9.17, 15) is 9.59 Å². The lowest BCUT2D eigenvalue weighted by Gasteiger charge is -2.17. The van der Waals surface area contributed by atoms with Crippen LogP contribution in [0.3, 0.4) is 0 Å². The van der Waals surface area contributed by atoms with Gasteiger partial charge in [-0.25, -0.2) is 0 Å². The lowest BCUT2D eigenvalue weighted by atomic mass is 10.2. The monoisotopic (exact) mass is 419 g/mol. The van der Waals surface area contributed by atoms with Crippen molar-refractivity contribution in [2.45, 2.75) is 6.54 Å². The fourth-order valence-corrected chi connectivity index (χ4v) is 2.99. The highest BCUT2D eigenvalue weighted by atomic mass is 35.5. The molecule has 154 valence electrons. The molecule has 1 aliphatic rings. The topological polar surface area (TPSA) is 89.1 Å². The van der Waals surface area contributed by atoms with Gasteiger partial charge in [0.05, 0.1) is 25.9 Å². The fourth-order valence-electron chi connectivity index (χ4n) is 2.82. The van der Waals surface area contributed by atoms with Crippen molar-refractivity contribution in [2.24, 2.45) is 0 Å². The Balaban J connectivity index is 1.45. The van der Waals surface area contributed by atoms with Gasteiger partial charge in [-0.2, -0.15) is 0 Å². The normalized spacial score (nSPS) is 12.0. The molecule has 2 N–H and O–H groups in total. The number of hydrogen-bond donors (Lipinski definition) is 2. The minimum atomic E-state index is -0.281. The van der Waals surface area contributed by atoms with E-state index in [0.29, 0.717) is 34.5 Å². The maximum atomic E-state index is 12.3. The molecule has 2 aromatic carbocycles. The molecule has 0 saturated heterocycles. The van der Waals surface area contributed by atoms with Crippen molar-refractivity contribution >= 4 is 29.1 Å². The maximum absolute atomic E-state index is 12.3. The minimum Gasteiger partial charge on any atom is -0.495 e. The summed E-state index contributed by atoms with van der Waals surface area (Å²) in [4.78, 5) is 26.0. The van der Waals surface area contributed by atoms with Gasteiger partial charge in [0.15, 0.2) is 11.5 Å². The van der Waals surface area contributed by atoms with Gasteiger partial charge in [0.2, 0.25) is 18.6 Å². The van der Waals surface area contributed by atoms with Gasteiger partial charge in [-0.15, -0.1) is 0 Å². The van der Waals surface area contributed by atoms with E-state index in [0.717, 1.165) is 5.56 Å². The molecule has 2 aromatic rings. The molecule has 0 atom stereocenters. The van der Waals surface area contributed by atoms with Crippen LogP contribution in [0.15, 0.2) is 36.4 Å². The van der Waals surface area contributed by atoms with Crippen molar-refractivity contribution in [3.05, 3.63) is 47.0 Å². The zero-order valence-corrected chi connectivity index (χ0v) is 16.9. The number of halogens is 1. The first-order chi connectivity index (χ1) is 13.9. The number of amides is 2. The van der Waals surface area contributed by atoms with Gasteiger partial charge in [-0.05, 0) is 42.9 Å². The molecule has 1 heterocycles. The van der Waals surface area contributed by atoms with E-state index in [1.54, 1.807) is 30.1 Å². The van der Waals surface area contributed by atoms with E-state index in [1.165, 1.54) is 7.11 Å². The summed E-state index contributed by atoms with van der Waals surface area (Å²) in [5.41, 5.74) is 1.38. The maximum Gasteiger partial charge on any atom is 0.238 e. The minimum absolute atomic E-state index is 0.0348. The van der Waals surface area contributed by atoms with Gasteiger partial charge in [-0.1, -0.05) is 17.7 Å². The number of benzene rings is 2. The highest BCUT2D eigenvalue weighted by molar-refractivity contribution is 6.31. The molecule has 9 heteroatoms.